The van der Waals surface area contributed by atoms with Crippen molar-refractivity contribution >= 4 is 29.3 Å². The highest BCUT2D eigenvalue weighted by Gasteiger charge is 2.40. The number of carbonyl (C=O) groups excluding carboxylic acids is 2. The molecule has 41 heavy (non-hydrogen) atoms. The van der Waals surface area contributed by atoms with Gasteiger partial charge in [0.05, 0.1) is 18.3 Å². The third-order valence-corrected chi connectivity index (χ3v) is 7.22. The van der Waals surface area contributed by atoms with Gasteiger partial charge in [-0.25, -0.2) is 19.2 Å². The molecule has 2 saturated heterocycles. The molecule has 12 heteroatoms. The largest absolute Gasteiger partial charge is 0.491 e. The molecule has 3 aromatic rings. The lowest BCUT2D eigenvalue weighted by atomic mass is 10.1. The van der Waals surface area contributed by atoms with E-state index in [1.807, 2.05) is 19.9 Å². The van der Waals surface area contributed by atoms with Crippen LogP contribution in [0.25, 0.3) is 0 Å². The second kappa shape index (κ2) is 10.9. The number of fused-ring (bicyclic) bond motifs is 4. The second-order valence-electron chi connectivity index (χ2n) is 10.7. The number of urea groups is 1. The summed E-state index contributed by atoms with van der Waals surface area (Å²) in [5, 5.41) is 5.64. The van der Waals surface area contributed by atoms with Gasteiger partial charge in [0.1, 0.15) is 35.8 Å². The zero-order valence-electron chi connectivity index (χ0n) is 22.8. The maximum Gasteiger partial charge on any atom is 0.329 e. The third-order valence-electron chi connectivity index (χ3n) is 7.22. The first-order valence-corrected chi connectivity index (χ1v) is 13.5. The minimum atomic E-state index is -0.637. The van der Waals surface area contributed by atoms with E-state index < -0.39 is 17.7 Å². The van der Waals surface area contributed by atoms with Crippen LogP contribution in [-0.4, -0.2) is 66.1 Å². The van der Waals surface area contributed by atoms with Gasteiger partial charge in [0, 0.05) is 31.9 Å². The van der Waals surface area contributed by atoms with Crippen molar-refractivity contribution < 1.29 is 28.2 Å². The fourth-order valence-electron chi connectivity index (χ4n) is 5.29. The molecule has 0 aliphatic carbocycles. The third kappa shape index (κ3) is 5.93. The SMILES string of the molecule is CC1(C)OCC(COc2ccnc(NC(=O)N3c4nc(C(=O)NCc5cccc(F)c5)ccc4N4CC[C@H]3C4)c2)O1. The molecular weight excluding hydrogens is 531 g/mol. The van der Waals surface area contributed by atoms with Gasteiger partial charge in [0.15, 0.2) is 11.6 Å². The van der Waals surface area contributed by atoms with Crippen LogP contribution in [-0.2, 0) is 16.0 Å². The fourth-order valence-corrected chi connectivity index (χ4v) is 5.29. The summed E-state index contributed by atoms with van der Waals surface area (Å²) in [7, 11) is 0. The van der Waals surface area contributed by atoms with Gasteiger partial charge >= 0.3 is 6.03 Å². The van der Waals surface area contributed by atoms with Crippen molar-refractivity contribution in [2.75, 3.05) is 41.4 Å². The molecule has 3 aliphatic rings. The summed E-state index contributed by atoms with van der Waals surface area (Å²) in [5.41, 5.74) is 1.57. The molecule has 2 bridgehead atoms. The summed E-state index contributed by atoms with van der Waals surface area (Å²) in [6, 6.07) is 12.3. The van der Waals surface area contributed by atoms with Crippen LogP contribution in [0.3, 0.4) is 0 Å². The van der Waals surface area contributed by atoms with Crippen LogP contribution in [0, 0.1) is 5.82 Å². The van der Waals surface area contributed by atoms with Crippen LogP contribution in [0.2, 0.25) is 0 Å². The molecule has 2 atom stereocenters. The number of anilines is 3. The van der Waals surface area contributed by atoms with Crippen molar-refractivity contribution in [2.45, 2.75) is 44.7 Å². The molecule has 214 valence electrons. The zero-order valence-corrected chi connectivity index (χ0v) is 22.8. The number of pyridine rings is 2. The van der Waals surface area contributed by atoms with Crippen molar-refractivity contribution in [3.63, 3.8) is 0 Å². The maximum absolute atomic E-state index is 13.6. The van der Waals surface area contributed by atoms with Crippen molar-refractivity contribution in [1.82, 2.24) is 15.3 Å². The van der Waals surface area contributed by atoms with E-state index in [9.17, 15) is 14.0 Å². The summed E-state index contributed by atoms with van der Waals surface area (Å²) in [6.07, 6.45) is 2.13. The average Bonchev–Trinajstić information content (AvgIpc) is 3.53. The average molecular weight is 563 g/mol. The van der Waals surface area contributed by atoms with E-state index in [2.05, 4.69) is 25.5 Å². The van der Waals surface area contributed by atoms with Gasteiger partial charge in [0.2, 0.25) is 0 Å². The van der Waals surface area contributed by atoms with E-state index in [1.165, 1.54) is 12.1 Å². The molecule has 11 nitrogen and oxygen atoms in total. The number of hydrogen-bond donors (Lipinski definition) is 2. The first-order chi connectivity index (χ1) is 19.7. The van der Waals surface area contributed by atoms with E-state index in [0.29, 0.717) is 42.7 Å². The van der Waals surface area contributed by atoms with Crippen molar-refractivity contribution in [2.24, 2.45) is 0 Å². The second-order valence-corrected chi connectivity index (χ2v) is 10.7. The number of halogens is 1. The van der Waals surface area contributed by atoms with Gasteiger partial charge < -0.3 is 24.4 Å². The Hall–Kier alpha value is -4.29. The Balaban J connectivity index is 1.15. The quantitative estimate of drug-likeness (QED) is 0.448. The Kier molecular flexibility index (Phi) is 7.18. The van der Waals surface area contributed by atoms with Crippen LogP contribution in [0.15, 0.2) is 54.7 Å². The number of ether oxygens (including phenoxy) is 3. The number of carbonyl (C=O) groups is 2. The molecule has 3 aliphatic heterocycles. The topological polar surface area (TPSA) is 118 Å². The molecule has 5 heterocycles. The van der Waals surface area contributed by atoms with Gasteiger partial charge in [-0.2, -0.15) is 0 Å². The lowest BCUT2D eigenvalue weighted by Gasteiger charge is -2.35. The predicted molar refractivity (Wildman–Crippen MR) is 149 cm³/mol. The summed E-state index contributed by atoms with van der Waals surface area (Å²) in [4.78, 5) is 39.2. The molecule has 0 radical (unpaired) electrons. The number of rotatable bonds is 7. The molecule has 3 amide bonds. The van der Waals surface area contributed by atoms with Crippen molar-refractivity contribution in [1.29, 1.82) is 0 Å². The standard InChI is InChI=1S/C29H31FN6O5/c1-29(2)40-17-22(41-29)16-39-21-8-10-31-25(13-21)34-28(38)36-20-9-11-35(15-20)24-7-6-23(33-26(24)36)27(37)32-14-18-4-3-5-19(30)12-18/h3-8,10,12-13,20,22H,9,11,14-17H2,1-2H3,(H,32,37)(H,31,34,38)/t20-,22?/m0/s1. The number of hydrogen-bond acceptors (Lipinski definition) is 8. The number of nitrogens with zero attached hydrogens (tertiary/aromatic N) is 4. The fraction of sp³-hybridized carbons (Fsp3) is 0.379. The molecule has 0 spiro atoms. The summed E-state index contributed by atoms with van der Waals surface area (Å²) in [5.74, 6) is -0.169. The van der Waals surface area contributed by atoms with Gasteiger partial charge in [-0.15, -0.1) is 0 Å². The van der Waals surface area contributed by atoms with Crippen molar-refractivity contribution in [3.05, 3.63) is 71.8 Å². The van der Waals surface area contributed by atoms with Crippen LogP contribution in [0.1, 0.15) is 36.3 Å². The highest BCUT2D eigenvalue weighted by molar-refractivity contribution is 6.05. The summed E-state index contributed by atoms with van der Waals surface area (Å²) in [6.45, 7) is 6.04. The lowest BCUT2D eigenvalue weighted by molar-refractivity contribution is -0.141. The van der Waals surface area contributed by atoms with Gasteiger partial charge in [-0.3, -0.25) is 15.0 Å². The van der Waals surface area contributed by atoms with Crippen LogP contribution >= 0.6 is 0 Å². The molecule has 0 saturated carbocycles. The minimum absolute atomic E-state index is 0.108. The number of benzene rings is 1. The van der Waals surface area contributed by atoms with Gasteiger partial charge in [0.25, 0.3) is 5.91 Å². The molecule has 1 aromatic carbocycles. The van der Waals surface area contributed by atoms with E-state index in [1.54, 1.807) is 41.4 Å². The Morgan fingerprint density at radius 1 is 1.20 bits per heavy atom. The first kappa shape index (κ1) is 26.9. The molecule has 1 unspecified atom stereocenters. The van der Waals surface area contributed by atoms with E-state index in [0.717, 1.165) is 18.7 Å². The molecular formula is C29H31FN6O5. The monoisotopic (exact) mass is 562 g/mol. The lowest BCUT2D eigenvalue weighted by Crippen LogP contribution is -2.48. The predicted octanol–water partition coefficient (Wildman–Crippen LogP) is 3.71. The van der Waals surface area contributed by atoms with Gasteiger partial charge in [-0.1, -0.05) is 12.1 Å². The normalized spacial score (nSPS) is 20.5. The van der Waals surface area contributed by atoms with Crippen molar-refractivity contribution in [3.8, 4) is 5.75 Å². The smallest absolute Gasteiger partial charge is 0.329 e. The Morgan fingerprint density at radius 3 is 2.88 bits per heavy atom. The molecule has 2 aromatic heterocycles. The maximum atomic E-state index is 13.6. The van der Waals surface area contributed by atoms with Crippen LogP contribution in [0.5, 0.6) is 5.75 Å². The number of aromatic nitrogens is 2. The van der Waals surface area contributed by atoms with E-state index >= 15 is 0 Å². The highest BCUT2D eigenvalue weighted by atomic mass is 19.1. The molecule has 2 fully saturated rings. The zero-order chi connectivity index (χ0) is 28.6. The van der Waals surface area contributed by atoms with E-state index in [-0.39, 0.29) is 30.2 Å². The van der Waals surface area contributed by atoms with Gasteiger partial charge in [-0.05, 0) is 56.2 Å². The highest BCUT2D eigenvalue weighted by Crippen LogP contribution is 2.39. The Morgan fingerprint density at radius 2 is 2.07 bits per heavy atom. The first-order valence-electron chi connectivity index (χ1n) is 13.5. The molecule has 6 rings (SSSR count). The minimum Gasteiger partial charge on any atom is -0.491 e. The Bertz CT molecular complexity index is 1470. The van der Waals surface area contributed by atoms with Crippen LogP contribution in [0.4, 0.5) is 26.5 Å². The summed E-state index contributed by atoms with van der Waals surface area (Å²) < 4.78 is 30.7. The Labute approximate surface area is 236 Å². The molecule has 2 N–H and O–H groups in total. The summed E-state index contributed by atoms with van der Waals surface area (Å²) >= 11 is 0. The number of amides is 3. The van der Waals surface area contributed by atoms with Crippen LogP contribution < -0.4 is 25.2 Å². The number of nitrogens with one attached hydrogen (secondary N) is 2. The van der Waals surface area contributed by atoms with E-state index in [4.69, 9.17) is 14.2 Å².